The molecule has 2 aromatic rings. The minimum atomic E-state index is -0.448. The van der Waals surface area contributed by atoms with Crippen molar-refractivity contribution in [3.05, 3.63) is 41.4 Å². The Morgan fingerprint density at radius 1 is 1.27 bits per heavy atom. The second kappa shape index (κ2) is 7.56. The first-order valence-electron chi connectivity index (χ1n) is 6.61. The fraction of sp³-hybridized carbons (Fsp3) is 0.267. The van der Waals surface area contributed by atoms with E-state index < -0.39 is 5.97 Å². The number of esters is 2. The molecule has 0 aliphatic rings. The molecule has 2 rings (SSSR count). The first-order chi connectivity index (χ1) is 10.6. The van der Waals surface area contributed by atoms with Crippen molar-refractivity contribution >= 4 is 28.4 Å². The van der Waals surface area contributed by atoms with Crippen LogP contribution in [0, 0.1) is 0 Å². The molecule has 0 saturated carbocycles. The van der Waals surface area contributed by atoms with Crippen LogP contribution in [0.4, 0.5) is 5.13 Å². The van der Waals surface area contributed by atoms with Gasteiger partial charge < -0.3 is 14.4 Å². The Bertz CT molecular complexity index is 642. The first-order valence-corrected chi connectivity index (χ1v) is 7.43. The van der Waals surface area contributed by atoms with E-state index in [9.17, 15) is 9.59 Å². The predicted molar refractivity (Wildman–Crippen MR) is 83.4 cm³/mol. The fourth-order valence-electron chi connectivity index (χ4n) is 1.64. The van der Waals surface area contributed by atoms with E-state index in [2.05, 4.69) is 9.72 Å². The highest BCUT2D eigenvalue weighted by Crippen LogP contribution is 2.23. The topological polar surface area (TPSA) is 68.7 Å². The van der Waals surface area contributed by atoms with Gasteiger partial charge in [-0.2, -0.15) is 0 Å². The van der Waals surface area contributed by atoms with Crippen molar-refractivity contribution in [3.8, 4) is 5.75 Å². The quantitative estimate of drug-likeness (QED) is 0.601. The summed E-state index contributed by atoms with van der Waals surface area (Å²) >= 11 is 1.22. The molecule has 0 saturated heterocycles. The zero-order chi connectivity index (χ0) is 15.9. The number of benzene rings is 1. The summed E-state index contributed by atoms with van der Waals surface area (Å²) in [5, 5.41) is 0.643. The Kier molecular flexibility index (Phi) is 5.48. The highest BCUT2D eigenvalue weighted by Gasteiger charge is 2.15. The zero-order valence-corrected chi connectivity index (χ0v) is 13.1. The molecule has 7 heteroatoms. The molecule has 0 radical (unpaired) electrons. The molecule has 1 aromatic carbocycles. The number of anilines is 1. The van der Waals surface area contributed by atoms with E-state index in [1.165, 1.54) is 24.6 Å². The third kappa shape index (κ3) is 4.29. The Morgan fingerprint density at radius 2 is 2.00 bits per heavy atom. The molecule has 0 aliphatic heterocycles. The number of hydrogen-bond acceptors (Lipinski definition) is 7. The highest BCUT2D eigenvalue weighted by atomic mass is 32.1. The van der Waals surface area contributed by atoms with Crippen molar-refractivity contribution in [2.75, 3.05) is 25.6 Å². The van der Waals surface area contributed by atoms with Crippen LogP contribution in [-0.4, -0.2) is 37.6 Å². The van der Waals surface area contributed by atoms with E-state index in [1.54, 1.807) is 36.2 Å². The van der Waals surface area contributed by atoms with Gasteiger partial charge in [-0.1, -0.05) is 29.5 Å². The van der Waals surface area contributed by atoms with Crippen molar-refractivity contribution in [3.63, 3.8) is 0 Å². The molecule has 0 amide bonds. The monoisotopic (exact) mass is 320 g/mol. The lowest BCUT2D eigenvalue weighted by Crippen LogP contribution is -2.21. The van der Waals surface area contributed by atoms with Crippen molar-refractivity contribution < 1.29 is 19.1 Å². The Labute approximate surface area is 132 Å². The fourth-order valence-corrected chi connectivity index (χ4v) is 2.42. The van der Waals surface area contributed by atoms with Gasteiger partial charge in [-0.15, -0.1) is 0 Å². The molecule has 0 bridgehead atoms. The summed E-state index contributed by atoms with van der Waals surface area (Å²) in [4.78, 5) is 29.5. The Balaban J connectivity index is 1.95. The summed E-state index contributed by atoms with van der Waals surface area (Å²) in [6, 6.07) is 8.85. The average Bonchev–Trinajstić information content (AvgIpc) is 3.03. The van der Waals surface area contributed by atoms with Crippen LogP contribution in [0.1, 0.15) is 16.1 Å². The van der Waals surface area contributed by atoms with Crippen molar-refractivity contribution in [1.29, 1.82) is 0 Å². The maximum atomic E-state index is 12.0. The molecule has 1 heterocycles. The lowest BCUT2D eigenvalue weighted by molar-refractivity contribution is -0.140. The van der Waals surface area contributed by atoms with Crippen LogP contribution in [0.3, 0.4) is 0 Å². The van der Waals surface area contributed by atoms with E-state index in [0.29, 0.717) is 22.3 Å². The smallest absolute Gasteiger partial charge is 0.355 e. The number of nitrogens with zero attached hydrogens (tertiary/aromatic N) is 2. The van der Waals surface area contributed by atoms with Crippen molar-refractivity contribution in [2.45, 2.75) is 6.42 Å². The molecule has 0 aliphatic carbocycles. The highest BCUT2D eigenvalue weighted by molar-refractivity contribution is 7.17. The van der Waals surface area contributed by atoms with E-state index in [4.69, 9.17) is 4.74 Å². The predicted octanol–water partition coefficient (Wildman–Crippen LogP) is 2.36. The summed E-state index contributed by atoms with van der Waals surface area (Å²) in [6.45, 7) is 0.466. The van der Waals surface area contributed by atoms with Crippen LogP contribution in [0.5, 0.6) is 5.75 Å². The SMILES string of the molecule is COC(=O)CCN(C)c1ncc(C(=O)Oc2ccccc2)s1. The van der Waals surface area contributed by atoms with Crippen LogP contribution >= 0.6 is 11.3 Å². The summed E-state index contributed by atoms with van der Waals surface area (Å²) in [6.07, 6.45) is 1.73. The number of hydrogen-bond donors (Lipinski definition) is 0. The normalized spacial score (nSPS) is 10.1. The number of ether oxygens (including phenoxy) is 2. The van der Waals surface area contributed by atoms with Gasteiger partial charge in [0.15, 0.2) is 5.13 Å². The molecule has 1 aromatic heterocycles. The molecule has 22 heavy (non-hydrogen) atoms. The third-order valence-corrected chi connectivity index (χ3v) is 3.95. The zero-order valence-electron chi connectivity index (χ0n) is 12.3. The summed E-state index contributed by atoms with van der Waals surface area (Å²) in [5.41, 5.74) is 0. The van der Waals surface area contributed by atoms with E-state index in [-0.39, 0.29) is 12.4 Å². The molecule has 116 valence electrons. The third-order valence-electron chi connectivity index (χ3n) is 2.85. The van der Waals surface area contributed by atoms with E-state index >= 15 is 0 Å². The summed E-state index contributed by atoms with van der Waals surface area (Å²) in [7, 11) is 3.15. The minimum Gasteiger partial charge on any atom is -0.469 e. The largest absolute Gasteiger partial charge is 0.469 e. The van der Waals surface area contributed by atoms with Crippen LogP contribution in [-0.2, 0) is 9.53 Å². The second-order valence-corrected chi connectivity index (χ2v) is 5.47. The van der Waals surface area contributed by atoms with Crippen molar-refractivity contribution in [2.24, 2.45) is 0 Å². The second-order valence-electron chi connectivity index (χ2n) is 4.46. The number of aromatic nitrogens is 1. The maximum absolute atomic E-state index is 12.0. The standard InChI is InChI=1S/C15H16N2O4S/c1-17(9-8-13(18)20-2)15-16-10-12(22-15)14(19)21-11-6-4-3-5-7-11/h3-7,10H,8-9H2,1-2H3. The van der Waals surface area contributed by atoms with Gasteiger partial charge in [0.2, 0.25) is 0 Å². The van der Waals surface area contributed by atoms with Gasteiger partial charge in [0, 0.05) is 13.6 Å². The average molecular weight is 320 g/mol. The van der Waals surface area contributed by atoms with E-state index in [0.717, 1.165) is 0 Å². The van der Waals surface area contributed by atoms with Gasteiger partial charge in [-0.3, -0.25) is 4.79 Å². The van der Waals surface area contributed by atoms with Crippen molar-refractivity contribution in [1.82, 2.24) is 4.98 Å². The van der Waals surface area contributed by atoms with Crippen LogP contribution < -0.4 is 9.64 Å². The number of rotatable bonds is 6. The molecule has 0 unspecified atom stereocenters. The Hall–Kier alpha value is -2.41. The number of carbonyl (C=O) groups is 2. The molecule has 0 N–H and O–H groups in total. The molecule has 6 nitrogen and oxygen atoms in total. The number of para-hydroxylation sites is 1. The van der Waals surface area contributed by atoms with Crippen LogP contribution in [0.25, 0.3) is 0 Å². The lowest BCUT2D eigenvalue weighted by Gasteiger charge is -2.14. The molecule has 0 atom stereocenters. The minimum absolute atomic E-state index is 0.260. The van der Waals surface area contributed by atoms with Gasteiger partial charge >= 0.3 is 11.9 Å². The van der Waals surface area contributed by atoms with Gasteiger partial charge in [0.05, 0.1) is 19.7 Å². The molecule has 0 spiro atoms. The number of methoxy groups -OCH3 is 1. The summed E-state index contributed by atoms with van der Waals surface area (Å²) < 4.78 is 9.84. The van der Waals surface area contributed by atoms with Gasteiger partial charge in [-0.05, 0) is 12.1 Å². The molecular weight excluding hydrogens is 304 g/mol. The van der Waals surface area contributed by atoms with Crippen LogP contribution in [0.2, 0.25) is 0 Å². The Morgan fingerprint density at radius 3 is 2.68 bits per heavy atom. The van der Waals surface area contributed by atoms with Gasteiger partial charge in [-0.25, -0.2) is 9.78 Å². The first kappa shape index (κ1) is 16.0. The van der Waals surface area contributed by atoms with E-state index in [1.807, 2.05) is 6.07 Å². The molecular formula is C15H16N2O4S. The number of carbonyl (C=O) groups excluding carboxylic acids is 2. The maximum Gasteiger partial charge on any atom is 0.355 e. The van der Waals surface area contributed by atoms with Gasteiger partial charge in [0.25, 0.3) is 0 Å². The van der Waals surface area contributed by atoms with Gasteiger partial charge in [0.1, 0.15) is 10.6 Å². The summed E-state index contributed by atoms with van der Waals surface area (Å²) in [5.74, 6) is -0.245. The van der Waals surface area contributed by atoms with Crippen LogP contribution in [0.15, 0.2) is 36.5 Å². The number of thiazole rings is 1. The lowest BCUT2D eigenvalue weighted by atomic mass is 10.3. The molecule has 0 fully saturated rings.